The predicted octanol–water partition coefficient (Wildman–Crippen LogP) is 2.99. The lowest BCUT2D eigenvalue weighted by Crippen LogP contribution is -2.20. The van der Waals surface area contributed by atoms with Gasteiger partial charge >= 0.3 is 0 Å². The molecule has 0 spiro atoms. The van der Waals surface area contributed by atoms with Crippen LogP contribution in [0.5, 0.6) is 0 Å². The van der Waals surface area contributed by atoms with E-state index in [-0.39, 0.29) is 0 Å². The van der Waals surface area contributed by atoms with Crippen LogP contribution >= 0.6 is 0 Å². The summed E-state index contributed by atoms with van der Waals surface area (Å²) in [6, 6.07) is 0. The van der Waals surface area contributed by atoms with Gasteiger partial charge in [-0.25, -0.2) is 0 Å². The molecule has 0 bridgehead atoms. The molecular weight excluding hydrogens is 186 g/mol. The number of rotatable bonds is 8. The molecule has 0 aromatic rings. The first kappa shape index (κ1) is 14.7. The van der Waals surface area contributed by atoms with Gasteiger partial charge in [0.2, 0.25) is 0 Å². The molecule has 0 atom stereocenters. The van der Waals surface area contributed by atoms with Gasteiger partial charge in [-0.15, -0.1) is 0 Å². The molecule has 0 aliphatic rings. The standard InChI is InChI=1S/C13H27NO/c1-11(2)9-14-8-6-7-13(5)10-15-12(3)4/h7,11-12,14H,6,8-10H2,1-5H3. The maximum atomic E-state index is 5.51. The quantitative estimate of drug-likeness (QED) is 0.494. The van der Waals surface area contributed by atoms with Crippen LogP contribution in [0.15, 0.2) is 11.6 Å². The van der Waals surface area contributed by atoms with Crippen LogP contribution in [0.3, 0.4) is 0 Å². The molecule has 90 valence electrons. The lowest BCUT2D eigenvalue weighted by molar-refractivity contribution is 0.0972. The van der Waals surface area contributed by atoms with E-state index in [9.17, 15) is 0 Å². The van der Waals surface area contributed by atoms with Crippen molar-refractivity contribution in [1.82, 2.24) is 5.32 Å². The van der Waals surface area contributed by atoms with Gasteiger partial charge in [-0.05, 0) is 46.2 Å². The third-order valence-electron chi connectivity index (χ3n) is 2.01. The van der Waals surface area contributed by atoms with Crippen molar-refractivity contribution >= 4 is 0 Å². The topological polar surface area (TPSA) is 21.3 Å². The van der Waals surface area contributed by atoms with E-state index in [1.54, 1.807) is 0 Å². The van der Waals surface area contributed by atoms with E-state index in [2.05, 4.69) is 46.0 Å². The average Bonchev–Trinajstić information content (AvgIpc) is 2.13. The number of nitrogens with one attached hydrogen (secondary N) is 1. The highest BCUT2D eigenvalue weighted by atomic mass is 16.5. The van der Waals surface area contributed by atoms with Gasteiger partial charge in [0.1, 0.15) is 0 Å². The summed E-state index contributed by atoms with van der Waals surface area (Å²) >= 11 is 0. The summed E-state index contributed by atoms with van der Waals surface area (Å²) in [5.74, 6) is 0.736. The zero-order chi connectivity index (χ0) is 11.7. The zero-order valence-electron chi connectivity index (χ0n) is 11.0. The lowest BCUT2D eigenvalue weighted by atomic mass is 10.2. The molecular formula is C13H27NO. The maximum Gasteiger partial charge on any atom is 0.0677 e. The van der Waals surface area contributed by atoms with E-state index >= 15 is 0 Å². The Morgan fingerprint density at radius 2 is 1.93 bits per heavy atom. The van der Waals surface area contributed by atoms with Gasteiger partial charge in [0.25, 0.3) is 0 Å². The summed E-state index contributed by atoms with van der Waals surface area (Å²) < 4.78 is 5.51. The van der Waals surface area contributed by atoms with Crippen LogP contribution in [0, 0.1) is 5.92 Å². The van der Waals surface area contributed by atoms with Crippen molar-refractivity contribution in [3.8, 4) is 0 Å². The molecule has 0 amide bonds. The highest BCUT2D eigenvalue weighted by molar-refractivity contribution is 4.98. The van der Waals surface area contributed by atoms with Gasteiger partial charge < -0.3 is 10.1 Å². The maximum absolute atomic E-state index is 5.51. The molecule has 0 heterocycles. The van der Waals surface area contributed by atoms with E-state index in [0.29, 0.717) is 6.10 Å². The molecule has 0 radical (unpaired) electrons. The highest BCUT2D eigenvalue weighted by Gasteiger charge is 1.95. The monoisotopic (exact) mass is 213 g/mol. The minimum absolute atomic E-state index is 0.326. The second-order valence-corrected chi connectivity index (χ2v) is 4.80. The van der Waals surface area contributed by atoms with Crippen molar-refractivity contribution in [3.63, 3.8) is 0 Å². The molecule has 0 aromatic heterocycles. The van der Waals surface area contributed by atoms with Crippen molar-refractivity contribution in [2.75, 3.05) is 19.7 Å². The summed E-state index contributed by atoms with van der Waals surface area (Å²) in [6.45, 7) is 13.7. The van der Waals surface area contributed by atoms with Gasteiger partial charge in [-0.2, -0.15) is 0 Å². The fourth-order valence-corrected chi connectivity index (χ4v) is 1.17. The van der Waals surface area contributed by atoms with Crippen LogP contribution in [0.25, 0.3) is 0 Å². The van der Waals surface area contributed by atoms with Crippen LogP contribution in [0.4, 0.5) is 0 Å². The molecule has 0 fully saturated rings. The van der Waals surface area contributed by atoms with E-state index < -0.39 is 0 Å². The molecule has 0 saturated carbocycles. The Morgan fingerprint density at radius 1 is 1.27 bits per heavy atom. The molecule has 15 heavy (non-hydrogen) atoms. The summed E-state index contributed by atoms with van der Waals surface area (Å²) in [7, 11) is 0. The third kappa shape index (κ3) is 11.6. The van der Waals surface area contributed by atoms with Gasteiger partial charge in [0, 0.05) is 0 Å². The first-order chi connectivity index (χ1) is 7.02. The second kappa shape index (κ2) is 8.93. The Labute approximate surface area is 95.1 Å². The van der Waals surface area contributed by atoms with Gasteiger partial charge in [-0.3, -0.25) is 0 Å². The molecule has 2 nitrogen and oxygen atoms in total. The van der Waals surface area contributed by atoms with Crippen LogP contribution in [-0.4, -0.2) is 25.8 Å². The van der Waals surface area contributed by atoms with Crippen LogP contribution in [0.1, 0.15) is 41.0 Å². The molecule has 0 rings (SSSR count). The molecule has 1 N–H and O–H groups in total. The molecule has 0 saturated heterocycles. The van der Waals surface area contributed by atoms with Crippen molar-refractivity contribution in [2.45, 2.75) is 47.1 Å². The lowest BCUT2D eigenvalue weighted by Gasteiger charge is -2.08. The SMILES string of the molecule is CC(=CCCNCC(C)C)COC(C)C. The van der Waals surface area contributed by atoms with Crippen molar-refractivity contribution < 1.29 is 4.74 Å². The first-order valence-corrected chi connectivity index (χ1v) is 6.00. The van der Waals surface area contributed by atoms with Crippen LogP contribution < -0.4 is 5.32 Å². The Hall–Kier alpha value is -0.340. The number of ether oxygens (including phenoxy) is 1. The molecule has 2 heteroatoms. The number of hydrogen-bond acceptors (Lipinski definition) is 2. The Kier molecular flexibility index (Phi) is 8.73. The molecule has 0 aliphatic carbocycles. The normalized spacial score (nSPS) is 12.9. The smallest absolute Gasteiger partial charge is 0.0677 e. The Balaban J connectivity index is 3.41. The van der Waals surface area contributed by atoms with Gasteiger partial charge in [0.05, 0.1) is 12.7 Å². The van der Waals surface area contributed by atoms with Gasteiger partial charge in [-0.1, -0.05) is 25.5 Å². The van der Waals surface area contributed by atoms with E-state index in [1.165, 1.54) is 5.57 Å². The van der Waals surface area contributed by atoms with E-state index in [0.717, 1.165) is 32.0 Å². The van der Waals surface area contributed by atoms with Crippen LogP contribution in [-0.2, 0) is 4.74 Å². The summed E-state index contributed by atoms with van der Waals surface area (Å²) in [4.78, 5) is 0. The predicted molar refractivity (Wildman–Crippen MR) is 67.2 cm³/mol. The molecule has 0 unspecified atom stereocenters. The minimum Gasteiger partial charge on any atom is -0.374 e. The third-order valence-corrected chi connectivity index (χ3v) is 2.01. The zero-order valence-corrected chi connectivity index (χ0v) is 11.0. The van der Waals surface area contributed by atoms with Crippen molar-refractivity contribution in [2.24, 2.45) is 5.92 Å². The van der Waals surface area contributed by atoms with E-state index in [1.807, 2.05) is 0 Å². The second-order valence-electron chi connectivity index (χ2n) is 4.80. The van der Waals surface area contributed by atoms with Crippen molar-refractivity contribution in [1.29, 1.82) is 0 Å². The van der Waals surface area contributed by atoms with E-state index in [4.69, 9.17) is 4.74 Å². The molecule has 0 aromatic carbocycles. The summed E-state index contributed by atoms with van der Waals surface area (Å²) in [6.07, 6.45) is 3.68. The highest BCUT2D eigenvalue weighted by Crippen LogP contribution is 1.99. The summed E-state index contributed by atoms with van der Waals surface area (Å²) in [5, 5.41) is 3.42. The largest absolute Gasteiger partial charge is 0.374 e. The van der Waals surface area contributed by atoms with Gasteiger partial charge in [0.15, 0.2) is 0 Å². The average molecular weight is 213 g/mol. The Morgan fingerprint density at radius 3 is 2.47 bits per heavy atom. The van der Waals surface area contributed by atoms with Crippen LogP contribution in [0.2, 0.25) is 0 Å². The number of hydrogen-bond donors (Lipinski definition) is 1. The Bertz CT molecular complexity index is 173. The minimum atomic E-state index is 0.326. The molecule has 0 aliphatic heterocycles. The fraction of sp³-hybridized carbons (Fsp3) is 0.846. The van der Waals surface area contributed by atoms with Crippen molar-refractivity contribution in [3.05, 3.63) is 11.6 Å². The first-order valence-electron chi connectivity index (χ1n) is 6.00. The summed E-state index contributed by atoms with van der Waals surface area (Å²) in [5.41, 5.74) is 1.33. The fourth-order valence-electron chi connectivity index (χ4n) is 1.17.